The highest BCUT2D eigenvalue weighted by molar-refractivity contribution is 7.91. The van der Waals surface area contributed by atoms with Crippen LogP contribution in [0, 0.1) is 12.8 Å². The van der Waals surface area contributed by atoms with E-state index in [1.807, 2.05) is 91.9 Å². The van der Waals surface area contributed by atoms with Crippen LogP contribution in [0.4, 0.5) is 0 Å². The Morgan fingerprint density at radius 3 is 1.90 bits per heavy atom. The van der Waals surface area contributed by atoms with Crippen molar-refractivity contribution in [2.75, 3.05) is 12.9 Å². The van der Waals surface area contributed by atoms with Gasteiger partial charge in [0.25, 0.3) is 0 Å². The van der Waals surface area contributed by atoms with Crippen molar-refractivity contribution in [3.63, 3.8) is 0 Å². The van der Waals surface area contributed by atoms with Gasteiger partial charge in [0.05, 0.1) is 22.9 Å². The molecule has 0 unspecified atom stereocenters. The van der Waals surface area contributed by atoms with Gasteiger partial charge < -0.3 is 9.30 Å². The first kappa shape index (κ1) is 28.7. The van der Waals surface area contributed by atoms with E-state index in [4.69, 9.17) is 4.74 Å². The van der Waals surface area contributed by atoms with Gasteiger partial charge in [-0.1, -0.05) is 109 Å². The molecule has 0 amide bonds. The van der Waals surface area contributed by atoms with Crippen molar-refractivity contribution in [1.82, 2.24) is 0 Å². The maximum absolute atomic E-state index is 16.0. The first-order valence-corrected chi connectivity index (χ1v) is 17.9. The molecule has 2 fully saturated rings. The predicted octanol–water partition coefficient (Wildman–Crippen LogP) is 7.23. The fourth-order valence-corrected chi connectivity index (χ4v) is 12.1. The van der Waals surface area contributed by atoms with Crippen LogP contribution >= 0.6 is 7.14 Å². The summed E-state index contributed by atoms with van der Waals surface area (Å²) in [5, 5.41) is 0.792. The van der Waals surface area contributed by atoms with E-state index in [2.05, 4.69) is 25.1 Å². The lowest BCUT2D eigenvalue weighted by Gasteiger charge is -2.32. The molecule has 4 aromatic carbocycles. The molecule has 2 saturated carbocycles. The summed E-state index contributed by atoms with van der Waals surface area (Å²) < 4.78 is 49.0. The van der Waals surface area contributed by atoms with Crippen molar-refractivity contribution >= 4 is 27.6 Å². The molecule has 216 valence electrons. The SMILES string of the molecule is COc1ccc([C@@]2(C)C[C@]2(/C=C(/CS(=O)(=O)c2ccc(C)cc2)C2CC2)P(=O)(c2ccccc2)c2ccccc2)cc1. The molecule has 0 bridgehead atoms. The minimum absolute atomic E-state index is 0.0647. The number of rotatable bonds is 10. The van der Waals surface area contributed by atoms with Crippen LogP contribution in [-0.2, 0) is 19.8 Å². The Morgan fingerprint density at radius 1 is 0.857 bits per heavy atom. The van der Waals surface area contributed by atoms with E-state index in [1.165, 1.54) is 0 Å². The molecule has 0 saturated heterocycles. The normalized spacial score (nSPS) is 22.5. The summed E-state index contributed by atoms with van der Waals surface area (Å²) in [4.78, 5) is 0.330. The van der Waals surface area contributed by atoms with Crippen LogP contribution in [0.25, 0.3) is 0 Å². The number of ether oxygens (including phenoxy) is 1. The smallest absolute Gasteiger partial charge is 0.182 e. The molecule has 6 heteroatoms. The Labute approximate surface area is 249 Å². The van der Waals surface area contributed by atoms with E-state index in [0.29, 0.717) is 11.3 Å². The molecule has 42 heavy (non-hydrogen) atoms. The molecule has 6 rings (SSSR count). The van der Waals surface area contributed by atoms with Crippen LogP contribution in [0.2, 0.25) is 0 Å². The largest absolute Gasteiger partial charge is 0.497 e. The Bertz CT molecular complexity index is 1720. The average Bonchev–Trinajstić information content (AvgIpc) is 3.94. The van der Waals surface area contributed by atoms with Crippen LogP contribution < -0.4 is 15.3 Å². The van der Waals surface area contributed by atoms with Crippen molar-refractivity contribution in [2.24, 2.45) is 5.92 Å². The monoisotopic (exact) mass is 596 g/mol. The van der Waals surface area contributed by atoms with Crippen molar-refractivity contribution in [3.8, 4) is 5.75 Å². The summed E-state index contributed by atoms with van der Waals surface area (Å²) in [6, 6.07) is 34.6. The van der Waals surface area contributed by atoms with Gasteiger partial charge in [-0.2, -0.15) is 0 Å². The molecule has 0 N–H and O–H groups in total. The van der Waals surface area contributed by atoms with E-state index in [9.17, 15) is 8.42 Å². The third-order valence-electron chi connectivity index (χ3n) is 9.24. The number of sulfone groups is 1. The van der Waals surface area contributed by atoms with Crippen molar-refractivity contribution in [1.29, 1.82) is 0 Å². The summed E-state index contributed by atoms with van der Waals surface area (Å²) in [6.07, 6.45) is 4.70. The van der Waals surface area contributed by atoms with Gasteiger partial charge >= 0.3 is 0 Å². The van der Waals surface area contributed by atoms with Gasteiger partial charge in [-0.15, -0.1) is 0 Å². The van der Waals surface area contributed by atoms with E-state index in [-0.39, 0.29) is 11.7 Å². The highest BCUT2D eigenvalue weighted by Crippen LogP contribution is 2.78. The Morgan fingerprint density at radius 2 is 1.40 bits per heavy atom. The predicted molar refractivity (Wildman–Crippen MR) is 171 cm³/mol. The molecule has 2 aliphatic rings. The number of allylic oxidation sites excluding steroid dienone is 1. The molecule has 0 spiro atoms. The zero-order valence-electron chi connectivity index (χ0n) is 24.4. The number of methoxy groups -OCH3 is 1. The maximum Gasteiger partial charge on any atom is 0.182 e. The zero-order chi connectivity index (χ0) is 29.6. The van der Waals surface area contributed by atoms with E-state index < -0.39 is 27.6 Å². The van der Waals surface area contributed by atoms with Gasteiger partial charge in [-0.05, 0) is 61.9 Å². The topological polar surface area (TPSA) is 60.4 Å². The minimum Gasteiger partial charge on any atom is -0.497 e. The second-order valence-electron chi connectivity index (χ2n) is 12.0. The average molecular weight is 597 g/mol. The number of aryl methyl sites for hydroxylation is 1. The van der Waals surface area contributed by atoms with Crippen LogP contribution in [0.5, 0.6) is 5.75 Å². The van der Waals surface area contributed by atoms with Gasteiger partial charge in [-0.3, -0.25) is 0 Å². The third-order valence-corrected chi connectivity index (χ3v) is 14.9. The first-order chi connectivity index (χ1) is 20.1. The van der Waals surface area contributed by atoms with Gasteiger partial charge in [0, 0.05) is 16.0 Å². The second kappa shape index (κ2) is 10.7. The highest BCUT2D eigenvalue weighted by Gasteiger charge is 2.73. The second-order valence-corrected chi connectivity index (χ2v) is 17.0. The number of benzene rings is 4. The van der Waals surface area contributed by atoms with Crippen LogP contribution in [-0.4, -0.2) is 26.4 Å². The van der Waals surface area contributed by atoms with E-state index >= 15 is 4.57 Å². The molecular weight excluding hydrogens is 559 g/mol. The highest BCUT2D eigenvalue weighted by atomic mass is 32.2. The van der Waals surface area contributed by atoms with Crippen LogP contribution in [0.3, 0.4) is 0 Å². The fourth-order valence-electron chi connectivity index (χ4n) is 6.54. The molecular formula is C36H37O4PS. The van der Waals surface area contributed by atoms with Crippen molar-refractivity contribution in [3.05, 3.63) is 132 Å². The molecule has 2 aliphatic carbocycles. The van der Waals surface area contributed by atoms with Gasteiger partial charge in [0.1, 0.15) is 5.75 Å². The lowest BCUT2D eigenvalue weighted by atomic mass is 9.94. The molecule has 0 radical (unpaired) electrons. The maximum atomic E-state index is 16.0. The number of hydrogen-bond acceptors (Lipinski definition) is 4. The minimum atomic E-state index is -3.59. The molecule has 4 aromatic rings. The van der Waals surface area contributed by atoms with Crippen LogP contribution in [0.15, 0.2) is 126 Å². The van der Waals surface area contributed by atoms with Gasteiger partial charge in [0.15, 0.2) is 17.0 Å². The molecule has 0 aliphatic heterocycles. The molecule has 0 heterocycles. The summed E-state index contributed by atoms with van der Waals surface area (Å²) in [7, 11) is -5.27. The summed E-state index contributed by atoms with van der Waals surface area (Å²) in [5.41, 5.74) is 2.50. The van der Waals surface area contributed by atoms with E-state index in [0.717, 1.165) is 45.9 Å². The van der Waals surface area contributed by atoms with Crippen molar-refractivity contribution in [2.45, 2.75) is 48.6 Å². The zero-order valence-corrected chi connectivity index (χ0v) is 26.1. The van der Waals surface area contributed by atoms with E-state index in [1.54, 1.807) is 19.2 Å². The lowest BCUT2D eigenvalue weighted by Crippen LogP contribution is -2.32. The third kappa shape index (κ3) is 4.87. The summed E-state index contributed by atoms with van der Waals surface area (Å²) in [5.74, 6) is 0.884. The first-order valence-electron chi connectivity index (χ1n) is 14.5. The Kier molecular flexibility index (Phi) is 7.32. The Hall–Kier alpha value is -3.40. The quantitative estimate of drug-likeness (QED) is 0.143. The molecule has 2 atom stereocenters. The van der Waals surface area contributed by atoms with Gasteiger partial charge in [0.2, 0.25) is 0 Å². The summed E-state index contributed by atoms with van der Waals surface area (Å²) >= 11 is 0. The van der Waals surface area contributed by atoms with Crippen molar-refractivity contribution < 1.29 is 17.7 Å². The summed E-state index contributed by atoms with van der Waals surface area (Å²) in [6.45, 7) is 4.14. The Balaban J connectivity index is 1.56. The standard InChI is InChI=1S/C36H37O4PS/c1-27-14-22-34(23-15-27)42(38,39)25-29(28-16-17-28)24-36(26-35(36,2)30-18-20-31(40-3)21-19-30)41(37,32-10-6-4-7-11-32)33-12-8-5-9-13-33/h4-15,18-24,28H,16-17,25-26H2,1-3H3/b29-24-/t35-,36+/m1/s1. The molecule has 4 nitrogen and oxygen atoms in total. The van der Waals surface area contributed by atoms with Gasteiger partial charge in [-0.25, -0.2) is 8.42 Å². The fraction of sp³-hybridized carbons (Fsp3) is 0.278. The van der Waals surface area contributed by atoms with Crippen LogP contribution in [0.1, 0.15) is 37.3 Å². The number of hydrogen-bond donors (Lipinski definition) is 0. The molecule has 0 aromatic heterocycles. The lowest BCUT2D eigenvalue weighted by molar-refractivity contribution is 0.414.